The highest BCUT2D eigenvalue weighted by molar-refractivity contribution is 5.71. The fourth-order valence-corrected chi connectivity index (χ4v) is 10.5. The Balaban J connectivity index is 4.22. The molecule has 0 aromatic heterocycles. The third-order valence-corrected chi connectivity index (χ3v) is 15.9. The van der Waals surface area contributed by atoms with Gasteiger partial charge in [-0.2, -0.15) is 0 Å². The molecule has 0 aliphatic heterocycles. The molecule has 0 rings (SSSR count). The van der Waals surface area contributed by atoms with Crippen LogP contribution in [0.25, 0.3) is 0 Å². The number of rotatable bonds is 66. The monoisotopic (exact) mass is 1160 g/mol. The Morgan fingerprint density at radius 2 is 0.470 bits per heavy atom. The molecule has 0 fully saturated rings. The van der Waals surface area contributed by atoms with E-state index in [9.17, 15) is 14.4 Å². The summed E-state index contributed by atoms with van der Waals surface area (Å²) in [6.45, 7) is 6.45. The number of unbranched alkanes of at least 4 members (excludes halogenated alkanes) is 41. The highest BCUT2D eigenvalue weighted by Crippen LogP contribution is 2.18. The van der Waals surface area contributed by atoms with Crippen molar-refractivity contribution in [3.05, 3.63) is 85.1 Å². The highest BCUT2D eigenvalue weighted by atomic mass is 16.6. The number of allylic oxidation sites excluding steroid dienone is 14. The fourth-order valence-electron chi connectivity index (χ4n) is 10.5. The third-order valence-electron chi connectivity index (χ3n) is 15.9. The molecule has 0 radical (unpaired) electrons. The zero-order valence-corrected chi connectivity index (χ0v) is 55.2. The Hall–Kier alpha value is -3.41. The van der Waals surface area contributed by atoms with Crippen LogP contribution in [0, 0.1) is 0 Å². The van der Waals surface area contributed by atoms with E-state index in [-0.39, 0.29) is 31.1 Å². The van der Waals surface area contributed by atoms with Gasteiger partial charge in [-0.05, 0) is 109 Å². The molecule has 83 heavy (non-hydrogen) atoms. The van der Waals surface area contributed by atoms with Crippen LogP contribution in [0.1, 0.15) is 367 Å². The largest absolute Gasteiger partial charge is 0.462 e. The molecule has 0 aliphatic rings. The Labute approximate surface area is 515 Å². The van der Waals surface area contributed by atoms with E-state index in [0.29, 0.717) is 19.3 Å². The minimum atomic E-state index is -0.788. The number of hydrogen-bond acceptors (Lipinski definition) is 6. The smallest absolute Gasteiger partial charge is 0.306 e. The van der Waals surface area contributed by atoms with E-state index in [1.165, 1.54) is 218 Å². The number of ether oxygens (including phenoxy) is 3. The van der Waals surface area contributed by atoms with Crippen LogP contribution in [0.15, 0.2) is 85.1 Å². The molecule has 0 aromatic carbocycles. The Morgan fingerprint density at radius 3 is 0.747 bits per heavy atom. The summed E-state index contributed by atoms with van der Waals surface area (Å²) >= 11 is 0. The lowest BCUT2D eigenvalue weighted by Gasteiger charge is -2.18. The quantitative estimate of drug-likeness (QED) is 0.0261. The first kappa shape index (κ1) is 79.6. The van der Waals surface area contributed by atoms with Crippen LogP contribution in [-0.2, 0) is 28.6 Å². The molecule has 0 amide bonds. The molecule has 0 aromatic rings. The number of carbonyl (C=O) groups excluding carboxylic acids is 3. The van der Waals surface area contributed by atoms with Crippen molar-refractivity contribution in [2.75, 3.05) is 13.2 Å². The Kier molecular flexibility index (Phi) is 68.2. The van der Waals surface area contributed by atoms with E-state index in [1.54, 1.807) is 0 Å². The molecular weight excluding hydrogens is 1020 g/mol. The predicted molar refractivity (Wildman–Crippen MR) is 362 cm³/mol. The third kappa shape index (κ3) is 69.3. The van der Waals surface area contributed by atoms with Gasteiger partial charge in [-0.1, -0.05) is 324 Å². The molecule has 480 valence electrons. The predicted octanol–water partition coefficient (Wildman–Crippen LogP) is 25.0. The van der Waals surface area contributed by atoms with E-state index in [1.807, 2.05) is 0 Å². The van der Waals surface area contributed by atoms with Gasteiger partial charge in [0.25, 0.3) is 0 Å². The van der Waals surface area contributed by atoms with E-state index in [0.717, 1.165) is 109 Å². The summed E-state index contributed by atoms with van der Waals surface area (Å²) in [5, 5.41) is 0. The topological polar surface area (TPSA) is 78.9 Å². The van der Waals surface area contributed by atoms with E-state index in [2.05, 4.69) is 106 Å². The summed E-state index contributed by atoms with van der Waals surface area (Å²) in [6.07, 6.45) is 94.8. The van der Waals surface area contributed by atoms with Crippen LogP contribution < -0.4 is 0 Å². The SMILES string of the molecule is CC/C=C\C/C=C\C/C=C\CCCCCCCCCC(=O)OCC(COC(=O)CCCCCCCCCCCCCCCCCCCCC/C=C\CCCCCCCCCC)OC(=O)CCCCCCCCC/C=C\C/C=C\C/C=C\CC. The van der Waals surface area contributed by atoms with Crippen LogP contribution in [-0.4, -0.2) is 37.2 Å². The molecule has 6 nitrogen and oxygen atoms in total. The highest BCUT2D eigenvalue weighted by Gasteiger charge is 2.19. The normalized spacial score (nSPS) is 12.6. The average molecular weight is 1160 g/mol. The molecule has 0 spiro atoms. The maximum atomic E-state index is 12.9. The van der Waals surface area contributed by atoms with Gasteiger partial charge in [0.1, 0.15) is 13.2 Å². The zero-order valence-electron chi connectivity index (χ0n) is 55.2. The molecule has 1 unspecified atom stereocenters. The average Bonchev–Trinajstić information content (AvgIpc) is 3.50. The van der Waals surface area contributed by atoms with E-state index in [4.69, 9.17) is 14.2 Å². The van der Waals surface area contributed by atoms with Gasteiger partial charge in [-0.15, -0.1) is 0 Å². The van der Waals surface area contributed by atoms with Crippen molar-refractivity contribution in [3.8, 4) is 0 Å². The minimum Gasteiger partial charge on any atom is -0.462 e. The van der Waals surface area contributed by atoms with Gasteiger partial charge in [0.05, 0.1) is 0 Å². The number of esters is 3. The van der Waals surface area contributed by atoms with Crippen molar-refractivity contribution < 1.29 is 28.6 Å². The summed E-state index contributed by atoms with van der Waals surface area (Å²) in [5.41, 5.74) is 0. The molecule has 0 saturated carbocycles. The summed E-state index contributed by atoms with van der Waals surface area (Å²) in [6, 6.07) is 0. The van der Waals surface area contributed by atoms with Gasteiger partial charge in [0.2, 0.25) is 0 Å². The molecule has 0 N–H and O–H groups in total. The fraction of sp³-hybridized carbons (Fsp3) is 0.779. The summed E-state index contributed by atoms with van der Waals surface area (Å²) in [5.74, 6) is -0.883. The standard InChI is InChI=1S/C77H136O6/c1-4-7-10-13-16-19-22-25-28-31-32-33-34-35-36-37-38-39-40-41-42-43-44-47-49-52-55-58-61-64-67-70-76(79)82-73-74(83-77(80)71-68-65-62-59-56-53-50-46-30-27-24-21-18-15-12-9-6-3)72-81-75(78)69-66-63-60-57-54-51-48-45-29-26-23-20-17-14-11-8-5-2/h8-9,11-12,17-18,20-21,26-27,29-32,74H,4-7,10,13-16,19,22-25,28,33-73H2,1-3H3/b11-8-,12-9-,20-17-,21-18-,29-26-,30-27-,32-31-. The van der Waals surface area contributed by atoms with Crippen molar-refractivity contribution in [1.82, 2.24) is 0 Å². The van der Waals surface area contributed by atoms with E-state index >= 15 is 0 Å². The second-order valence-corrected chi connectivity index (χ2v) is 24.1. The van der Waals surface area contributed by atoms with Crippen molar-refractivity contribution in [3.63, 3.8) is 0 Å². The van der Waals surface area contributed by atoms with Crippen LogP contribution in [0.5, 0.6) is 0 Å². The van der Waals surface area contributed by atoms with Gasteiger partial charge in [-0.3, -0.25) is 14.4 Å². The zero-order chi connectivity index (χ0) is 59.9. The maximum Gasteiger partial charge on any atom is 0.306 e. The van der Waals surface area contributed by atoms with Crippen molar-refractivity contribution in [1.29, 1.82) is 0 Å². The summed E-state index contributed by atoms with van der Waals surface area (Å²) in [4.78, 5) is 38.5. The van der Waals surface area contributed by atoms with Crippen LogP contribution >= 0.6 is 0 Å². The lowest BCUT2D eigenvalue weighted by molar-refractivity contribution is -0.167. The Bertz CT molecular complexity index is 1570. The number of carbonyl (C=O) groups is 3. The van der Waals surface area contributed by atoms with Crippen molar-refractivity contribution >= 4 is 17.9 Å². The molecule has 1 atom stereocenters. The van der Waals surface area contributed by atoms with Gasteiger partial charge in [-0.25, -0.2) is 0 Å². The second-order valence-electron chi connectivity index (χ2n) is 24.1. The molecule has 0 aliphatic carbocycles. The lowest BCUT2D eigenvalue weighted by atomic mass is 10.0. The van der Waals surface area contributed by atoms with Gasteiger partial charge < -0.3 is 14.2 Å². The molecule has 0 heterocycles. The summed E-state index contributed by atoms with van der Waals surface area (Å²) < 4.78 is 17.0. The minimum absolute atomic E-state index is 0.0811. The van der Waals surface area contributed by atoms with Gasteiger partial charge in [0, 0.05) is 19.3 Å². The first-order valence-electron chi connectivity index (χ1n) is 36.1. The first-order chi connectivity index (χ1) is 41.0. The van der Waals surface area contributed by atoms with Crippen LogP contribution in [0.3, 0.4) is 0 Å². The van der Waals surface area contributed by atoms with E-state index < -0.39 is 6.10 Å². The van der Waals surface area contributed by atoms with Gasteiger partial charge in [0.15, 0.2) is 6.10 Å². The van der Waals surface area contributed by atoms with Gasteiger partial charge >= 0.3 is 17.9 Å². The summed E-state index contributed by atoms with van der Waals surface area (Å²) in [7, 11) is 0. The molecule has 0 bridgehead atoms. The van der Waals surface area contributed by atoms with Crippen molar-refractivity contribution in [2.45, 2.75) is 374 Å². The first-order valence-corrected chi connectivity index (χ1v) is 36.1. The lowest BCUT2D eigenvalue weighted by Crippen LogP contribution is -2.30. The second kappa shape index (κ2) is 71.1. The number of hydrogen-bond donors (Lipinski definition) is 0. The molecule has 0 saturated heterocycles. The Morgan fingerprint density at radius 1 is 0.253 bits per heavy atom. The maximum absolute atomic E-state index is 12.9. The van der Waals surface area contributed by atoms with Crippen LogP contribution in [0.4, 0.5) is 0 Å². The van der Waals surface area contributed by atoms with Crippen molar-refractivity contribution in [2.24, 2.45) is 0 Å². The van der Waals surface area contributed by atoms with Crippen LogP contribution in [0.2, 0.25) is 0 Å². The molecular formula is C77H136O6. The molecule has 6 heteroatoms.